The molecule has 0 bridgehead atoms. The molecule has 0 atom stereocenters. The molecule has 0 aromatic heterocycles. The van der Waals surface area contributed by atoms with Crippen LogP contribution in [-0.4, -0.2) is 42.0 Å². The summed E-state index contributed by atoms with van der Waals surface area (Å²) in [6.45, 7) is 3.33. The summed E-state index contributed by atoms with van der Waals surface area (Å²) in [7, 11) is 0. The molecule has 1 N–H and O–H groups in total. The van der Waals surface area contributed by atoms with Gasteiger partial charge in [-0.15, -0.1) is 0 Å². The van der Waals surface area contributed by atoms with Crippen LogP contribution in [0.25, 0.3) is 0 Å². The highest BCUT2D eigenvalue weighted by molar-refractivity contribution is 5.89. The molecule has 4 nitrogen and oxygen atoms in total. The number of amides is 2. The van der Waals surface area contributed by atoms with Crippen molar-refractivity contribution >= 4 is 11.7 Å². The molecule has 2 amide bonds. The maximum atomic E-state index is 13.3. The third-order valence-corrected chi connectivity index (χ3v) is 4.29. The van der Waals surface area contributed by atoms with Crippen molar-refractivity contribution in [3.05, 3.63) is 65.7 Å². The lowest BCUT2D eigenvalue weighted by Crippen LogP contribution is -2.38. The second-order valence-electron chi connectivity index (χ2n) is 6.16. The summed E-state index contributed by atoms with van der Waals surface area (Å²) in [5.74, 6) is -1.65. The fraction of sp³-hybridized carbons (Fsp3) is 0.316. The van der Waals surface area contributed by atoms with E-state index in [1.807, 2.05) is 30.3 Å². The van der Waals surface area contributed by atoms with Crippen LogP contribution in [0.3, 0.4) is 0 Å². The molecule has 2 aromatic carbocycles. The largest absolute Gasteiger partial charge is 0.323 e. The lowest BCUT2D eigenvalue weighted by Gasteiger charge is -2.22. The Kier molecular flexibility index (Phi) is 5.60. The molecule has 0 saturated carbocycles. The van der Waals surface area contributed by atoms with Gasteiger partial charge in [-0.05, 0) is 36.2 Å². The van der Waals surface area contributed by atoms with E-state index in [2.05, 4.69) is 10.2 Å². The van der Waals surface area contributed by atoms with Crippen LogP contribution in [0, 0.1) is 11.6 Å². The van der Waals surface area contributed by atoms with Crippen LogP contribution in [0.4, 0.5) is 19.3 Å². The third-order valence-electron chi connectivity index (χ3n) is 4.29. The average molecular weight is 345 g/mol. The summed E-state index contributed by atoms with van der Waals surface area (Å²) in [6.07, 6.45) is 0.839. The maximum Gasteiger partial charge on any atom is 0.321 e. The van der Waals surface area contributed by atoms with Crippen LogP contribution in [0.15, 0.2) is 48.5 Å². The van der Waals surface area contributed by atoms with Gasteiger partial charge in [0.1, 0.15) is 0 Å². The summed E-state index contributed by atoms with van der Waals surface area (Å²) in [5.41, 5.74) is 1.51. The van der Waals surface area contributed by atoms with Crippen molar-refractivity contribution in [2.75, 3.05) is 31.5 Å². The minimum absolute atomic E-state index is 0.110. The van der Waals surface area contributed by atoms with Gasteiger partial charge in [0.2, 0.25) is 0 Å². The van der Waals surface area contributed by atoms with Crippen LogP contribution in [0.1, 0.15) is 12.0 Å². The van der Waals surface area contributed by atoms with Crippen LogP contribution in [0.5, 0.6) is 0 Å². The lowest BCUT2D eigenvalue weighted by molar-refractivity contribution is 0.211. The number of rotatable bonds is 3. The first kappa shape index (κ1) is 17.4. The molecular weight excluding hydrogens is 324 g/mol. The first-order chi connectivity index (χ1) is 12.1. The Morgan fingerprint density at radius 3 is 2.52 bits per heavy atom. The van der Waals surface area contributed by atoms with E-state index in [0.717, 1.165) is 30.3 Å². The SMILES string of the molecule is O=C(Nc1ccccc1)N1CCCN(Cc2ccc(F)c(F)c2)CC1. The molecule has 3 rings (SSSR count). The van der Waals surface area contributed by atoms with Crippen LogP contribution in [-0.2, 0) is 6.54 Å². The molecule has 1 aliphatic rings. The van der Waals surface area contributed by atoms with Gasteiger partial charge >= 0.3 is 6.03 Å². The van der Waals surface area contributed by atoms with E-state index in [9.17, 15) is 13.6 Å². The van der Waals surface area contributed by atoms with Crippen LogP contribution in [0.2, 0.25) is 0 Å². The average Bonchev–Trinajstić information content (AvgIpc) is 2.85. The number of hydrogen-bond donors (Lipinski definition) is 1. The number of carbonyl (C=O) groups excluding carboxylic acids is 1. The molecule has 0 unspecified atom stereocenters. The Bertz CT molecular complexity index is 724. The standard InChI is InChI=1S/C19H21F2N3O/c20-17-8-7-15(13-18(17)21)14-23-9-4-10-24(12-11-23)19(25)22-16-5-2-1-3-6-16/h1-3,5-8,13H,4,9-12,14H2,(H,22,25). The number of hydrogen-bond acceptors (Lipinski definition) is 2. The molecular formula is C19H21F2N3O. The second-order valence-corrected chi connectivity index (χ2v) is 6.16. The highest BCUT2D eigenvalue weighted by Crippen LogP contribution is 2.14. The van der Waals surface area contributed by atoms with Gasteiger partial charge < -0.3 is 10.2 Å². The fourth-order valence-electron chi connectivity index (χ4n) is 2.95. The van der Waals surface area contributed by atoms with Crippen LogP contribution >= 0.6 is 0 Å². The number of urea groups is 1. The summed E-state index contributed by atoms with van der Waals surface area (Å²) in [6, 6.07) is 13.2. The minimum Gasteiger partial charge on any atom is -0.323 e. The zero-order valence-electron chi connectivity index (χ0n) is 13.9. The zero-order valence-corrected chi connectivity index (χ0v) is 13.9. The Hall–Kier alpha value is -2.47. The van der Waals surface area contributed by atoms with Crippen molar-refractivity contribution in [2.45, 2.75) is 13.0 Å². The molecule has 2 aromatic rings. The van der Waals surface area contributed by atoms with Gasteiger partial charge in [-0.1, -0.05) is 24.3 Å². The Morgan fingerprint density at radius 2 is 1.76 bits per heavy atom. The number of para-hydroxylation sites is 1. The molecule has 0 aliphatic carbocycles. The molecule has 132 valence electrons. The van der Waals surface area contributed by atoms with E-state index < -0.39 is 11.6 Å². The summed E-state index contributed by atoms with van der Waals surface area (Å²) >= 11 is 0. The highest BCUT2D eigenvalue weighted by atomic mass is 19.2. The molecule has 1 fully saturated rings. The van der Waals surface area contributed by atoms with E-state index in [1.54, 1.807) is 11.0 Å². The first-order valence-electron chi connectivity index (χ1n) is 8.39. The van der Waals surface area contributed by atoms with Crippen LogP contribution < -0.4 is 5.32 Å². The fourth-order valence-corrected chi connectivity index (χ4v) is 2.95. The number of anilines is 1. The van der Waals surface area contributed by atoms with Gasteiger partial charge in [0.15, 0.2) is 11.6 Å². The van der Waals surface area contributed by atoms with Gasteiger partial charge in [0.25, 0.3) is 0 Å². The second kappa shape index (κ2) is 8.07. The quantitative estimate of drug-likeness (QED) is 0.921. The van der Waals surface area contributed by atoms with E-state index in [1.165, 1.54) is 6.07 Å². The number of nitrogens with one attached hydrogen (secondary N) is 1. The van der Waals surface area contributed by atoms with E-state index in [-0.39, 0.29) is 6.03 Å². The Labute approximate surface area is 146 Å². The molecule has 0 radical (unpaired) electrons. The van der Waals surface area contributed by atoms with Crippen molar-refractivity contribution in [1.29, 1.82) is 0 Å². The third kappa shape index (κ3) is 4.76. The van der Waals surface area contributed by atoms with Crippen molar-refractivity contribution < 1.29 is 13.6 Å². The smallest absolute Gasteiger partial charge is 0.321 e. The monoisotopic (exact) mass is 345 g/mol. The normalized spacial score (nSPS) is 15.7. The van der Waals surface area contributed by atoms with Crippen molar-refractivity contribution in [2.24, 2.45) is 0 Å². The predicted molar refractivity (Wildman–Crippen MR) is 93.3 cm³/mol. The van der Waals surface area contributed by atoms with E-state index in [4.69, 9.17) is 0 Å². The molecule has 6 heteroatoms. The molecule has 0 spiro atoms. The van der Waals surface area contributed by atoms with Gasteiger partial charge in [0.05, 0.1) is 0 Å². The number of carbonyl (C=O) groups is 1. The topological polar surface area (TPSA) is 35.6 Å². The van der Waals surface area contributed by atoms with Gasteiger partial charge in [-0.3, -0.25) is 4.90 Å². The first-order valence-corrected chi connectivity index (χ1v) is 8.39. The Morgan fingerprint density at radius 1 is 0.960 bits per heavy atom. The van der Waals surface area contributed by atoms with Crippen molar-refractivity contribution in [3.8, 4) is 0 Å². The van der Waals surface area contributed by atoms with Gasteiger partial charge in [0, 0.05) is 38.4 Å². The molecule has 25 heavy (non-hydrogen) atoms. The predicted octanol–water partition coefficient (Wildman–Crippen LogP) is 3.70. The maximum absolute atomic E-state index is 13.3. The van der Waals surface area contributed by atoms with Crippen molar-refractivity contribution in [1.82, 2.24) is 9.80 Å². The summed E-state index contributed by atoms with van der Waals surface area (Å²) < 4.78 is 26.4. The molecule has 1 saturated heterocycles. The Balaban J connectivity index is 1.54. The molecule has 1 heterocycles. The number of nitrogens with zero attached hydrogens (tertiary/aromatic N) is 2. The minimum atomic E-state index is -0.830. The van der Waals surface area contributed by atoms with Gasteiger partial charge in [-0.25, -0.2) is 13.6 Å². The highest BCUT2D eigenvalue weighted by Gasteiger charge is 2.19. The lowest BCUT2D eigenvalue weighted by atomic mass is 10.2. The van der Waals surface area contributed by atoms with Gasteiger partial charge in [-0.2, -0.15) is 0 Å². The van der Waals surface area contributed by atoms with Crippen molar-refractivity contribution in [3.63, 3.8) is 0 Å². The number of halogens is 2. The van der Waals surface area contributed by atoms with E-state index in [0.29, 0.717) is 26.2 Å². The number of benzene rings is 2. The summed E-state index contributed by atoms with van der Waals surface area (Å²) in [4.78, 5) is 16.3. The summed E-state index contributed by atoms with van der Waals surface area (Å²) in [5, 5.41) is 2.89. The molecule has 1 aliphatic heterocycles. The van der Waals surface area contributed by atoms with E-state index >= 15 is 0 Å². The zero-order chi connectivity index (χ0) is 17.6.